The van der Waals surface area contributed by atoms with Crippen LogP contribution in [0.25, 0.3) is 11.3 Å². The number of aromatic nitrogens is 2. The van der Waals surface area contributed by atoms with Gasteiger partial charge in [-0.1, -0.05) is 17.2 Å². The van der Waals surface area contributed by atoms with Crippen molar-refractivity contribution < 1.29 is 9.53 Å². The molecule has 5 nitrogen and oxygen atoms in total. The molecule has 3 aromatic rings. The van der Waals surface area contributed by atoms with Gasteiger partial charge in [-0.25, -0.2) is 9.97 Å². The van der Waals surface area contributed by atoms with Gasteiger partial charge < -0.3 is 10.1 Å². The number of rotatable bonds is 5. The van der Waals surface area contributed by atoms with Crippen LogP contribution in [0.1, 0.15) is 27.2 Å². The second kappa shape index (κ2) is 7.78. The number of hydrogen-bond donors (Lipinski definition) is 1. The van der Waals surface area contributed by atoms with E-state index in [0.717, 1.165) is 33.8 Å². The van der Waals surface area contributed by atoms with Gasteiger partial charge in [0, 0.05) is 11.1 Å². The molecule has 1 amide bonds. The number of methoxy groups -OCH3 is 1. The van der Waals surface area contributed by atoms with E-state index in [9.17, 15) is 4.79 Å². The predicted molar refractivity (Wildman–Crippen MR) is 101 cm³/mol. The van der Waals surface area contributed by atoms with Gasteiger partial charge in [0.2, 0.25) is 0 Å². The van der Waals surface area contributed by atoms with Gasteiger partial charge in [-0.2, -0.15) is 0 Å². The van der Waals surface area contributed by atoms with Crippen molar-refractivity contribution in [1.82, 2.24) is 15.3 Å². The first-order chi connectivity index (χ1) is 12.5. The number of nitrogens with zero attached hydrogens (tertiary/aromatic N) is 2. The summed E-state index contributed by atoms with van der Waals surface area (Å²) >= 11 is 0. The lowest BCUT2D eigenvalue weighted by molar-refractivity contribution is 0.0950. The highest BCUT2D eigenvalue weighted by atomic mass is 16.5. The zero-order chi connectivity index (χ0) is 18.5. The van der Waals surface area contributed by atoms with Crippen LogP contribution in [0.15, 0.2) is 54.9 Å². The van der Waals surface area contributed by atoms with E-state index in [-0.39, 0.29) is 5.91 Å². The predicted octanol–water partition coefficient (Wildman–Crippen LogP) is 3.70. The van der Waals surface area contributed by atoms with E-state index in [4.69, 9.17) is 4.74 Å². The average molecular weight is 347 g/mol. The van der Waals surface area contributed by atoms with Crippen molar-refractivity contribution in [2.75, 3.05) is 7.11 Å². The first-order valence-electron chi connectivity index (χ1n) is 8.37. The highest BCUT2D eigenvalue weighted by Gasteiger charge is 2.08. The van der Waals surface area contributed by atoms with E-state index in [0.29, 0.717) is 12.1 Å². The van der Waals surface area contributed by atoms with Crippen LogP contribution in [0.5, 0.6) is 5.75 Å². The highest BCUT2D eigenvalue weighted by Crippen LogP contribution is 2.20. The molecule has 3 rings (SSSR count). The fourth-order valence-electron chi connectivity index (χ4n) is 2.79. The average Bonchev–Trinajstić information content (AvgIpc) is 2.65. The SMILES string of the molecule is COc1ccc(-c2cc(CNC(=O)c3cc(C)cc(C)c3)ncn2)cc1. The Hall–Kier alpha value is -3.21. The number of nitrogens with one attached hydrogen (secondary N) is 1. The third kappa shape index (κ3) is 4.25. The third-order valence-corrected chi connectivity index (χ3v) is 4.02. The van der Waals surface area contributed by atoms with Gasteiger partial charge in [-0.05, 0) is 56.3 Å². The second-order valence-corrected chi connectivity index (χ2v) is 6.18. The first kappa shape index (κ1) is 17.6. The summed E-state index contributed by atoms with van der Waals surface area (Å²) in [6.45, 7) is 4.31. The zero-order valence-corrected chi connectivity index (χ0v) is 15.1. The number of amides is 1. The minimum Gasteiger partial charge on any atom is -0.497 e. The Balaban J connectivity index is 1.71. The minimum atomic E-state index is -0.110. The van der Waals surface area contributed by atoms with E-state index >= 15 is 0 Å². The standard InChI is InChI=1S/C21H21N3O2/c1-14-8-15(2)10-17(9-14)21(25)22-12-18-11-20(24-13-23-18)16-4-6-19(26-3)7-5-16/h4-11,13H,12H2,1-3H3,(H,22,25). The molecule has 0 fully saturated rings. The summed E-state index contributed by atoms with van der Waals surface area (Å²) in [6.07, 6.45) is 1.51. The van der Waals surface area contributed by atoms with Crippen molar-refractivity contribution in [2.24, 2.45) is 0 Å². The van der Waals surface area contributed by atoms with Gasteiger partial charge in [0.25, 0.3) is 5.91 Å². The first-order valence-corrected chi connectivity index (χ1v) is 8.37. The molecule has 0 radical (unpaired) electrons. The van der Waals surface area contributed by atoms with E-state index in [1.807, 2.05) is 62.4 Å². The topological polar surface area (TPSA) is 64.1 Å². The summed E-state index contributed by atoms with van der Waals surface area (Å²) in [5, 5.41) is 2.92. The smallest absolute Gasteiger partial charge is 0.251 e. The monoisotopic (exact) mass is 347 g/mol. The molecule has 0 saturated heterocycles. The van der Waals surface area contributed by atoms with Gasteiger partial charge >= 0.3 is 0 Å². The maximum atomic E-state index is 12.4. The normalized spacial score (nSPS) is 10.4. The quantitative estimate of drug-likeness (QED) is 0.764. The minimum absolute atomic E-state index is 0.110. The van der Waals surface area contributed by atoms with Crippen LogP contribution in [0.3, 0.4) is 0 Å². The summed E-state index contributed by atoms with van der Waals surface area (Å²) in [6, 6.07) is 15.3. The second-order valence-electron chi connectivity index (χ2n) is 6.18. The van der Waals surface area contributed by atoms with Gasteiger partial charge in [0.1, 0.15) is 12.1 Å². The largest absolute Gasteiger partial charge is 0.497 e. The molecular formula is C21H21N3O2. The van der Waals surface area contributed by atoms with E-state index < -0.39 is 0 Å². The van der Waals surface area contributed by atoms with Crippen molar-refractivity contribution >= 4 is 5.91 Å². The number of hydrogen-bond acceptors (Lipinski definition) is 4. The number of carbonyl (C=O) groups excluding carboxylic acids is 1. The molecule has 5 heteroatoms. The number of aryl methyl sites for hydroxylation is 2. The van der Waals surface area contributed by atoms with Crippen LogP contribution in [0.4, 0.5) is 0 Å². The summed E-state index contributed by atoms with van der Waals surface area (Å²) in [5.74, 6) is 0.685. The van der Waals surface area contributed by atoms with Gasteiger partial charge in [-0.3, -0.25) is 4.79 Å². The molecule has 0 bridgehead atoms. The molecule has 1 aromatic heterocycles. The Bertz CT molecular complexity index is 901. The van der Waals surface area contributed by atoms with Crippen LogP contribution >= 0.6 is 0 Å². The molecule has 0 aliphatic heterocycles. The molecule has 0 aliphatic rings. The zero-order valence-electron chi connectivity index (χ0n) is 15.1. The van der Waals surface area contributed by atoms with Crippen LogP contribution in [0, 0.1) is 13.8 Å². The molecule has 26 heavy (non-hydrogen) atoms. The maximum Gasteiger partial charge on any atom is 0.251 e. The lowest BCUT2D eigenvalue weighted by Gasteiger charge is -2.08. The van der Waals surface area contributed by atoms with E-state index in [1.54, 1.807) is 7.11 Å². The Labute approximate surface area is 153 Å². The van der Waals surface area contributed by atoms with E-state index in [2.05, 4.69) is 15.3 Å². The van der Waals surface area contributed by atoms with Crippen molar-refractivity contribution in [3.8, 4) is 17.0 Å². The molecule has 1 heterocycles. The maximum absolute atomic E-state index is 12.4. The van der Waals surface area contributed by atoms with Crippen molar-refractivity contribution in [3.63, 3.8) is 0 Å². The molecular weight excluding hydrogens is 326 g/mol. The molecule has 0 unspecified atom stereocenters. The van der Waals surface area contributed by atoms with Crippen LogP contribution in [0.2, 0.25) is 0 Å². The Morgan fingerprint density at radius 1 is 1.00 bits per heavy atom. The Kier molecular flexibility index (Phi) is 5.27. The summed E-state index contributed by atoms with van der Waals surface area (Å²) < 4.78 is 5.17. The van der Waals surface area contributed by atoms with E-state index in [1.165, 1.54) is 6.33 Å². The molecule has 2 aromatic carbocycles. The van der Waals surface area contributed by atoms with Crippen LogP contribution in [-0.4, -0.2) is 23.0 Å². The Morgan fingerprint density at radius 3 is 2.35 bits per heavy atom. The molecule has 0 aliphatic carbocycles. The lowest BCUT2D eigenvalue weighted by atomic mass is 10.1. The van der Waals surface area contributed by atoms with Crippen molar-refractivity contribution in [3.05, 3.63) is 77.2 Å². The number of ether oxygens (including phenoxy) is 1. The third-order valence-electron chi connectivity index (χ3n) is 4.02. The molecule has 0 saturated carbocycles. The highest BCUT2D eigenvalue weighted by molar-refractivity contribution is 5.94. The van der Waals surface area contributed by atoms with Crippen molar-refractivity contribution in [2.45, 2.75) is 20.4 Å². The van der Waals surface area contributed by atoms with Crippen LogP contribution in [-0.2, 0) is 6.54 Å². The van der Waals surface area contributed by atoms with Crippen molar-refractivity contribution in [1.29, 1.82) is 0 Å². The summed E-state index contributed by atoms with van der Waals surface area (Å²) in [5.41, 5.74) is 5.32. The Morgan fingerprint density at radius 2 is 1.69 bits per heavy atom. The summed E-state index contributed by atoms with van der Waals surface area (Å²) in [4.78, 5) is 20.9. The fourth-order valence-corrected chi connectivity index (χ4v) is 2.79. The van der Waals surface area contributed by atoms with Gasteiger partial charge in [0.05, 0.1) is 25.0 Å². The molecule has 0 atom stereocenters. The number of carbonyl (C=O) groups is 1. The summed E-state index contributed by atoms with van der Waals surface area (Å²) in [7, 11) is 1.64. The van der Waals surface area contributed by atoms with Crippen LogP contribution < -0.4 is 10.1 Å². The lowest BCUT2D eigenvalue weighted by Crippen LogP contribution is -2.23. The molecule has 132 valence electrons. The fraction of sp³-hybridized carbons (Fsp3) is 0.190. The molecule has 1 N–H and O–H groups in total. The van der Waals surface area contributed by atoms with Gasteiger partial charge in [0.15, 0.2) is 0 Å². The number of benzene rings is 2. The van der Waals surface area contributed by atoms with Gasteiger partial charge in [-0.15, -0.1) is 0 Å². The molecule has 0 spiro atoms.